The lowest BCUT2D eigenvalue weighted by atomic mass is 9.62. The van der Waals surface area contributed by atoms with Gasteiger partial charge in [-0.25, -0.2) is 0 Å². The SMILES string of the molecule is COc1cc2c(c(-c3c(C)cc(O)cc3OC)c1)C(=O)C1=C(C2=O)C(C)(C)c2cc(O)cc(O)c2C1=O. The Balaban J connectivity index is 1.86. The lowest BCUT2D eigenvalue weighted by molar-refractivity contribution is 0.0909. The summed E-state index contributed by atoms with van der Waals surface area (Å²) in [6.07, 6.45) is 0. The molecule has 3 N–H and O–H groups in total. The van der Waals surface area contributed by atoms with Crippen molar-refractivity contribution in [2.75, 3.05) is 14.2 Å². The fourth-order valence-electron chi connectivity index (χ4n) is 5.50. The van der Waals surface area contributed by atoms with Gasteiger partial charge in [0.05, 0.1) is 25.4 Å². The summed E-state index contributed by atoms with van der Waals surface area (Å²) < 4.78 is 10.9. The van der Waals surface area contributed by atoms with Crippen LogP contribution in [0.4, 0.5) is 0 Å². The Morgan fingerprint density at radius 2 is 1.32 bits per heavy atom. The molecule has 0 radical (unpaired) electrons. The van der Waals surface area contributed by atoms with Crippen LogP contribution in [-0.2, 0) is 5.41 Å². The Labute approximate surface area is 212 Å². The minimum atomic E-state index is -1.19. The fourth-order valence-corrected chi connectivity index (χ4v) is 5.50. The molecule has 3 aromatic carbocycles. The maximum absolute atomic E-state index is 14.2. The third kappa shape index (κ3) is 3.25. The number of benzene rings is 3. The average Bonchev–Trinajstić information content (AvgIpc) is 2.83. The van der Waals surface area contributed by atoms with Crippen LogP contribution in [0, 0.1) is 6.92 Å². The van der Waals surface area contributed by atoms with Gasteiger partial charge in [-0.3, -0.25) is 14.4 Å². The number of carbonyl (C=O) groups excluding carboxylic acids is 3. The number of hydrogen-bond donors (Lipinski definition) is 3. The van der Waals surface area contributed by atoms with E-state index in [1.54, 1.807) is 26.8 Å². The summed E-state index contributed by atoms with van der Waals surface area (Å²) in [6.45, 7) is 5.05. The van der Waals surface area contributed by atoms with Crippen molar-refractivity contribution < 1.29 is 39.2 Å². The predicted molar refractivity (Wildman–Crippen MR) is 134 cm³/mol. The second-order valence-electron chi connectivity index (χ2n) is 9.69. The lowest BCUT2D eigenvalue weighted by Gasteiger charge is -2.38. The summed E-state index contributed by atoms with van der Waals surface area (Å²) in [5.41, 5.74) is -0.00791. The highest BCUT2D eigenvalue weighted by atomic mass is 16.5. The van der Waals surface area contributed by atoms with Crippen molar-refractivity contribution in [3.63, 3.8) is 0 Å². The number of Topliss-reactive ketones (excluding diaryl/α,β-unsaturated/α-hetero) is 3. The minimum absolute atomic E-state index is 0.00232. The van der Waals surface area contributed by atoms with Crippen LogP contribution >= 0.6 is 0 Å². The van der Waals surface area contributed by atoms with E-state index in [1.807, 2.05) is 0 Å². The molecule has 0 bridgehead atoms. The number of phenols is 3. The smallest absolute Gasteiger partial charge is 0.201 e. The van der Waals surface area contributed by atoms with Crippen molar-refractivity contribution in [1.82, 2.24) is 0 Å². The molecule has 2 aliphatic rings. The minimum Gasteiger partial charge on any atom is -0.508 e. The predicted octanol–water partition coefficient (Wildman–Crippen LogP) is 4.65. The number of aromatic hydroxyl groups is 3. The van der Waals surface area contributed by atoms with E-state index in [2.05, 4.69) is 0 Å². The molecule has 37 heavy (non-hydrogen) atoms. The molecule has 0 saturated carbocycles. The van der Waals surface area contributed by atoms with Crippen LogP contribution in [0.3, 0.4) is 0 Å². The average molecular weight is 501 g/mol. The van der Waals surface area contributed by atoms with Gasteiger partial charge in [0.2, 0.25) is 5.78 Å². The first-order valence-corrected chi connectivity index (χ1v) is 11.5. The van der Waals surface area contributed by atoms with Gasteiger partial charge >= 0.3 is 0 Å². The van der Waals surface area contributed by atoms with E-state index >= 15 is 0 Å². The van der Waals surface area contributed by atoms with Gasteiger partial charge in [0.15, 0.2) is 11.6 Å². The number of hydrogen-bond acceptors (Lipinski definition) is 8. The number of rotatable bonds is 3. The van der Waals surface area contributed by atoms with Gasteiger partial charge < -0.3 is 24.8 Å². The molecule has 0 aromatic heterocycles. The standard InChI is InChI=1S/C29H24O8/c1-12-6-13(30)9-20(37-5)21(12)16-10-15(36-4)11-17-22(16)27(34)24-25(26(17)33)29(2,3)18-7-14(31)8-19(32)23(18)28(24)35/h6-11,30-32H,1-5H3. The van der Waals surface area contributed by atoms with E-state index in [0.29, 0.717) is 22.4 Å². The molecule has 188 valence electrons. The van der Waals surface area contributed by atoms with Crippen molar-refractivity contribution >= 4 is 17.3 Å². The second-order valence-corrected chi connectivity index (χ2v) is 9.69. The van der Waals surface area contributed by atoms with Gasteiger partial charge in [-0.1, -0.05) is 13.8 Å². The van der Waals surface area contributed by atoms with Gasteiger partial charge in [-0.05, 0) is 42.3 Å². The third-order valence-corrected chi connectivity index (χ3v) is 7.15. The van der Waals surface area contributed by atoms with E-state index in [0.717, 1.165) is 6.07 Å². The van der Waals surface area contributed by atoms with Crippen LogP contribution in [0.25, 0.3) is 11.1 Å². The Kier molecular flexibility index (Phi) is 5.19. The number of fused-ring (bicyclic) bond motifs is 2. The molecule has 0 heterocycles. The maximum atomic E-state index is 14.2. The van der Waals surface area contributed by atoms with E-state index in [-0.39, 0.29) is 50.6 Å². The van der Waals surface area contributed by atoms with Gasteiger partial charge in [-0.15, -0.1) is 0 Å². The molecule has 0 amide bonds. The van der Waals surface area contributed by atoms with Gasteiger partial charge in [-0.2, -0.15) is 0 Å². The number of allylic oxidation sites excluding steroid dienone is 2. The van der Waals surface area contributed by atoms with Crippen molar-refractivity contribution in [3.8, 4) is 39.9 Å². The van der Waals surface area contributed by atoms with Gasteiger partial charge in [0, 0.05) is 45.4 Å². The number of methoxy groups -OCH3 is 2. The van der Waals surface area contributed by atoms with Crippen LogP contribution in [0.5, 0.6) is 28.7 Å². The van der Waals surface area contributed by atoms with Gasteiger partial charge in [0.25, 0.3) is 0 Å². The first kappa shape index (κ1) is 24.1. The summed E-state index contributed by atoms with van der Waals surface area (Å²) in [5, 5.41) is 30.7. The first-order valence-electron chi connectivity index (χ1n) is 11.5. The van der Waals surface area contributed by atoms with E-state index in [4.69, 9.17) is 9.47 Å². The number of ether oxygens (including phenoxy) is 2. The number of ketones is 3. The first-order chi connectivity index (χ1) is 17.4. The molecule has 2 aliphatic carbocycles. The van der Waals surface area contributed by atoms with E-state index in [1.165, 1.54) is 38.5 Å². The summed E-state index contributed by atoms with van der Waals surface area (Å²) in [5.74, 6) is -2.21. The highest BCUT2D eigenvalue weighted by molar-refractivity contribution is 6.42. The maximum Gasteiger partial charge on any atom is 0.201 e. The fraction of sp³-hybridized carbons (Fsp3) is 0.207. The monoisotopic (exact) mass is 500 g/mol. The largest absolute Gasteiger partial charge is 0.508 e. The third-order valence-electron chi connectivity index (χ3n) is 7.15. The molecule has 0 atom stereocenters. The highest BCUT2D eigenvalue weighted by Crippen LogP contribution is 2.51. The molecular formula is C29H24O8. The molecule has 0 saturated heterocycles. The van der Waals surface area contributed by atoms with Crippen molar-refractivity contribution in [2.24, 2.45) is 0 Å². The quantitative estimate of drug-likeness (QED) is 0.443. The Hall–Kier alpha value is -4.59. The van der Waals surface area contributed by atoms with Crippen LogP contribution in [0.2, 0.25) is 0 Å². The van der Waals surface area contributed by atoms with Crippen molar-refractivity contribution in [3.05, 3.63) is 75.4 Å². The molecule has 8 nitrogen and oxygen atoms in total. The normalized spacial score (nSPS) is 15.8. The van der Waals surface area contributed by atoms with Crippen LogP contribution < -0.4 is 9.47 Å². The van der Waals surface area contributed by atoms with Gasteiger partial charge in [0.1, 0.15) is 28.7 Å². The zero-order valence-electron chi connectivity index (χ0n) is 20.8. The molecular weight excluding hydrogens is 476 g/mol. The van der Waals surface area contributed by atoms with E-state index < -0.39 is 28.5 Å². The number of carbonyl (C=O) groups is 3. The topological polar surface area (TPSA) is 130 Å². The summed E-state index contributed by atoms with van der Waals surface area (Å²) in [7, 11) is 2.85. The second kappa shape index (κ2) is 7.96. The molecule has 5 rings (SSSR count). The molecule has 0 fully saturated rings. The van der Waals surface area contributed by atoms with Crippen molar-refractivity contribution in [1.29, 1.82) is 0 Å². The summed E-state index contributed by atoms with van der Waals surface area (Å²) in [4.78, 5) is 41.9. The molecule has 0 spiro atoms. The Bertz CT molecular complexity index is 1610. The zero-order valence-corrected chi connectivity index (χ0v) is 20.8. The Morgan fingerprint density at radius 1 is 0.703 bits per heavy atom. The molecule has 0 unspecified atom stereocenters. The number of phenolic OH excluding ortho intramolecular Hbond substituents is 3. The molecule has 3 aromatic rings. The van der Waals surface area contributed by atoms with Crippen LogP contribution in [0.15, 0.2) is 47.5 Å². The van der Waals surface area contributed by atoms with Crippen LogP contribution in [0.1, 0.15) is 56.0 Å². The number of aryl methyl sites for hydroxylation is 1. The van der Waals surface area contributed by atoms with E-state index in [9.17, 15) is 29.7 Å². The van der Waals surface area contributed by atoms with Crippen LogP contribution in [-0.4, -0.2) is 46.9 Å². The van der Waals surface area contributed by atoms with Crippen molar-refractivity contribution in [2.45, 2.75) is 26.2 Å². The highest BCUT2D eigenvalue weighted by Gasteiger charge is 2.50. The molecule has 8 heteroatoms. The summed E-state index contributed by atoms with van der Waals surface area (Å²) in [6, 6.07) is 8.29. The molecule has 0 aliphatic heterocycles. The zero-order chi connectivity index (χ0) is 27.0. The Morgan fingerprint density at radius 3 is 1.97 bits per heavy atom. The lowest BCUT2D eigenvalue weighted by Crippen LogP contribution is -2.40. The summed E-state index contributed by atoms with van der Waals surface area (Å²) >= 11 is 0.